The van der Waals surface area contributed by atoms with E-state index in [-0.39, 0.29) is 17.9 Å². The van der Waals surface area contributed by atoms with Crippen LogP contribution in [-0.2, 0) is 6.54 Å². The lowest BCUT2D eigenvalue weighted by atomic mass is 10.1. The summed E-state index contributed by atoms with van der Waals surface area (Å²) >= 11 is 0. The summed E-state index contributed by atoms with van der Waals surface area (Å²) in [6, 6.07) is 6.22. The van der Waals surface area contributed by atoms with Crippen LogP contribution in [0.25, 0.3) is 0 Å². The predicted molar refractivity (Wildman–Crippen MR) is 73.8 cm³/mol. The second-order valence-corrected chi connectivity index (χ2v) is 4.04. The lowest BCUT2D eigenvalue weighted by molar-refractivity contribution is 0.102. The molecule has 0 fully saturated rings. The number of rotatable bonds is 5. The second-order valence-electron chi connectivity index (χ2n) is 4.04. The number of aromatic amines is 1. The molecule has 1 heterocycles. The quantitative estimate of drug-likeness (QED) is 0.625. The minimum Gasteiger partial charge on any atom is -0.466 e. The van der Waals surface area contributed by atoms with Gasteiger partial charge in [-0.3, -0.25) is 10.1 Å². The maximum atomic E-state index is 12.0. The molecule has 0 aliphatic heterocycles. The van der Waals surface area contributed by atoms with Crippen molar-refractivity contribution < 1.29 is 14.3 Å². The summed E-state index contributed by atoms with van der Waals surface area (Å²) in [5.41, 5.74) is 6.24. The van der Waals surface area contributed by atoms with E-state index in [0.717, 1.165) is 5.56 Å². The number of nitrogens with zero attached hydrogens (tertiary/aromatic N) is 2. The van der Waals surface area contributed by atoms with Gasteiger partial charge in [0.1, 0.15) is 0 Å². The fourth-order valence-corrected chi connectivity index (χ4v) is 1.54. The van der Waals surface area contributed by atoms with Crippen molar-refractivity contribution in [3.8, 4) is 6.01 Å². The number of aromatic nitrogens is 3. The minimum absolute atomic E-state index is 0.137. The van der Waals surface area contributed by atoms with Gasteiger partial charge in [0.25, 0.3) is 5.91 Å². The van der Waals surface area contributed by atoms with E-state index in [1.165, 1.54) is 7.11 Å². The summed E-state index contributed by atoms with van der Waals surface area (Å²) in [5, 5.41) is 11.2. The molecule has 9 heteroatoms. The van der Waals surface area contributed by atoms with Crippen LogP contribution in [0.3, 0.4) is 0 Å². The summed E-state index contributed by atoms with van der Waals surface area (Å²) in [6.45, 7) is 0.302. The average Bonchev–Trinajstić information content (AvgIpc) is 2.93. The van der Waals surface area contributed by atoms with Gasteiger partial charge in [0.15, 0.2) is 0 Å². The van der Waals surface area contributed by atoms with Gasteiger partial charge in [-0.15, -0.1) is 5.10 Å². The molecule has 3 amide bonds. The van der Waals surface area contributed by atoms with Crippen LogP contribution in [0, 0.1) is 0 Å². The molecule has 0 aliphatic carbocycles. The highest BCUT2D eigenvalue weighted by molar-refractivity contribution is 6.03. The van der Waals surface area contributed by atoms with Crippen molar-refractivity contribution in [2.45, 2.75) is 6.54 Å². The van der Waals surface area contributed by atoms with E-state index in [9.17, 15) is 9.59 Å². The first-order chi connectivity index (χ1) is 10.1. The summed E-state index contributed by atoms with van der Waals surface area (Å²) in [5.74, 6) is -0.153. The average molecular weight is 290 g/mol. The van der Waals surface area contributed by atoms with E-state index < -0.39 is 6.03 Å². The van der Waals surface area contributed by atoms with Crippen LogP contribution < -0.4 is 21.1 Å². The molecule has 0 radical (unpaired) electrons. The molecule has 0 spiro atoms. The molecule has 5 N–H and O–H groups in total. The van der Waals surface area contributed by atoms with Crippen LogP contribution in [0.1, 0.15) is 15.9 Å². The first-order valence-corrected chi connectivity index (χ1v) is 5.98. The molecule has 2 aromatic rings. The summed E-state index contributed by atoms with van der Waals surface area (Å²) in [6.07, 6.45) is 0. The van der Waals surface area contributed by atoms with Gasteiger partial charge in [-0.2, -0.15) is 4.98 Å². The molecule has 2 rings (SSSR count). The number of anilines is 1. The smallest absolute Gasteiger partial charge is 0.336 e. The molecule has 21 heavy (non-hydrogen) atoms. The third-order valence-corrected chi connectivity index (χ3v) is 2.56. The molecule has 0 bridgehead atoms. The number of primary amides is 1. The molecule has 1 aromatic heterocycles. The van der Waals surface area contributed by atoms with Crippen molar-refractivity contribution in [1.82, 2.24) is 20.5 Å². The molecule has 0 saturated carbocycles. The standard InChI is InChI=1S/C12H14N6O3/c1-21-12-16-11(17-18-12)15-9(19)8-4-2-7(3-5-8)6-14-10(13)20/h2-5H,6H2,1H3,(H3,13,14,20)(H2,15,16,17,18,19). The van der Waals surface area contributed by atoms with E-state index in [1.54, 1.807) is 24.3 Å². The van der Waals surface area contributed by atoms with Gasteiger partial charge in [-0.1, -0.05) is 12.1 Å². The first kappa shape index (κ1) is 14.3. The largest absolute Gasteiger partial charge is 0.466 e. The van der Waals surface area contributed by atoms with Crippen LogP contribution >= 0.6 is 0 Å². The maximum Gasteiger partial charge on any atom is 0.336 e. The van der Waals surface area contributed by atoms with Crippen LogP contribution in [-0.4, -0.2) is 34.2 Å². The zero-order valence-electron chi connectivity index (χ0n) is 11.2. The fraction of sp³-hybridized carbons (Fsp3) is 0.167. The van der Waals surface area contributed by atoms with Crippen molar-refractivity contribution in [2.24, 2.45) is 5.73 Å². The lowest BCUT2D eigenvalue weighted by Crippen LogP contribution is -2.28. The van der Waals surface area contributed by atoms with Crippen molar-refractivity contribution in [2.75, 3.05) is 12.4 Å². The highest BCUT2D eigenvalue weighted by Gasteiger charge is 2.09. The number of nitrogens with one attached hydrogen (secondary N) is 3. The van der Waals surface area contributed by atoms with E-state index >= 15 is 0 Å². The minimum atomic E-state index is -0.601. The van der Waals surface area contributed by atoms with Crippen molar-refractivity contribution in [3.05, 3.63) is 35.4 Å². The molecule has 110 valence electrons. The summed E-state index contributed by atoms with van der Waals surface area (Å²) < 4.78 is 4.79. The van der Waals surface area contributed by atoms with Gasteiger partial charge in [0.2, 0.25) is 5.95 Å². The van der Waals surface area contributed by atoms with Crippen molar-refractivity contribution in [1.29, 1.82) is 0 Å². The molecule has 9 nitrogen and oxygen atoms in total. The normalized spacial score (nSPS) is 9.95. The highest BCUT2D eigenvalue weighted by Crippen LogP contribution is 2.09. The molecule has 1 aromatic carbocycles. The van der Waals surface area contributed by atoms with Crippen molar-refractivity contribution in [3.63, 3.8) is 0 Å². The third kappa shape index (κ3) is 3.93. The number of urea groups is 1. The maximum absolute atomic E-state index is 12.0. The second kappa shape index (κ2) is 6.37. The zero-order valence-corrected chi connectivity index (χ0v) is 11.2. The van der Waals surface area contributed by atoms with E-state index in [0.29, 0.717) is 12.1 Å². The predicted octanol–water partition coefficient (Wildman–Crippen LogP) is 0.234. The molecule has 0 unspecified atom stereocenters. The Morgan fingerprint density at radius 2 is 2.05 bits per heavy atom. The Morgan fingerprint density at radius 1 is 1.33 bits per heavy atom. The Morgan fingerprint density at radius 3 is 2.62 bits per heavy atom. The Hall–Kier alpha value is -3.10. The number of ether oxygens (including phenoxy) is 1. The van der Waals surface area contributed by atoms with Gasteiger partial charge >= 0.3 is 12.0 Å². The van der Waals surface area contributed by atoms with E-state index in [4.69, 9.17) is 10.5 Å². The number of nitrogens with two attached hydrogens (primary N) is 1. The molecule has 0 saturated heterocycles. The summed E-state index contributed by atoms with van der Waals surface area (Å²) in [7, 11) is 1.42. The third-order valence-electron chi connectivity index (χ3n) is 2.56. The van der Waals surface area contributed by atoms with Crippen molar-refractivity contribution >= 4 is 17.9 Å². The molecule has 0 aliphatic rings. The van der Waals surface area contributed by atoms with Crippen LogP contribution in [0.5, 0.6) is 6.01 Å². The van der Waals surface area contributed by atoms with E-state index in [2.05, 4.69) is 25.8 Å². The molecule has 0 atom stereocenters. The Labute approximate surface area is 119 Å². The molecular weight excluding hydrogens is 276 g/mol. The van der Waals surface area contributed by atoms with Crippen LogP contribution in [0.4, 0.5) is 10.7 Å². The van der Waals surface area contributed by atoms with Gasteiger partial charge in [0.05, 0.1) is 7.11 Å². The SMILES string of the molecule is COc1n[nH]c(NC(=O)c2ccc(CNC(N)=O)cc2)n1. The number of benzene rings is 1. The zero-order chi connectivity index (χ0) is 15.2. The fourth-order valence-electron chi connectivity index (χ4n) is 1.54. The van der Waals surface area contributed by atoms with Crippen LogP contribution in [0.15, 0.2) is 24.3 Å². The molecular formula is C12H14N6O3. The lowest BCUT2D eigenvalue weighted by Gasteiger charge is -2.04. The number of hydrogen-bond acceptors (Lipinski definition) is 5. The highest BCUT2D eigenvalue weighted by atomic mass is 16.5. The number of hydrogen-bond donors (Lipinski definition) is 4. The van der Waals surface area contributed by atoms with Gasteiger partial charge in [0, 0.05) is 12.1 Å². The van der Waals surface area contributed by atoms with Gasteiger partial charge in [-0.05, 0) is 17.7 Å². The Kier molecular flexibility index (Phi) is 4.34. The van der Waals surface area contributed by atoms with E-state index in [1.807, 2.05) is 0 Å². The van der Waals surface area contributed by atoms with Crippen LogP contribution in [0.2, 0.25) is 0 Å². The topological polar surface area (TPSA) is 135 Å². The van der Waals surface area contributed by atoms with Gasteiger partial charge < -0.3 is 15.8 Å². The number of carbonyl (C=O) groups is 2. The number of amides is 3. The monoisotopic (exact) mass is 290 g/mol. The number of carbonyl (C=O) groups excluding carboxylic acids is 2. The van der Waals surface area contributed by atoms with Gasteiger partial charge in [-0.25, -0.2) is 9.89 Å². The Bertz CT molecular complexity index is 637. The number of methoxy groups -OCH3 is 1. The first-order valence-electron chi connectivity index (χ1n) is 5.98. The number of H-pyrrole nitrogens is 1. The summed E-state index contributed by atoms with van der Waals surface area (Å²) in [4.78, 5) is 26.4. The Balaban J connectivity index is 1.97.